The van der Waals surface area contributed by atoms with Crippen LogP contribution in [0.4, 0.5) is 13.2 Å². The van der Waals surface area contributed by atoms with Crippen molar-refractivity contribution >= 4 is 29.3 Å². The molecule has 27 heavy (non-hydrogen) atoms. The summed E-state index contributed by atoms with van der Waals surface area (Å²) in [5, 5.41) is 3.63. The molecule has 0 aliphatic heterocycles. The third-order valence-electron chi connectivity index (χ3n) is 3.75. The lowest BCUT2D eigenvalue weighted by Crippen LogP contribution is -2.18. The van der Waals surface area contributed by atoms with Crippen molar-refractivity contribution in [2.75, 3.05) is 0 Å². The number of aromatic nitrogens is 3. The minimum Gasteiger partial charge on any atom is -0.267 e. The number of hydrogen-bond acceptors (Lipinski definition) is 4. The van der Waals surface area contributed by atoms with Crippen LogP contribution in [0.1, 0.15) is 33.8 Å². The van der Waals surface area contributed by atoms with E-state index in [0.29, 0.717) is 5.69 Å². The standard InChI is InChI=1S/C18H13ClF3N3OS/c1-11(27-16-13(18(20,21)22)6-4-9-23-16)15-8-10-24-25(15)17(26)12-5-2-3-7-14(12)19/h2-11H,1H3/t11-/m0/s1. The van der Waals surface area contributed by atoms with Crippen LogP contribution in [-0.4, -0.2) is 20.7 Å². The highest BCUT2D eigenvalue weighted by atomic mass is 35.5. The number of thioether (sulfide) groups is 1. The summed E-state index contributed by atoms with van der Waals surface area (Å²) in [7, 11) is 0. The third kappa shape index (κ3) is 4.17. The number of nitrogens with zero attached hydrogens (tertiary/aromatic N) is 3. The second kappa shape index (κ2) is 7.74. The second-order valence-electron chi connectivity index (χ2n) is 5.57. The molecule has 0 aliphatic carbocycles. The maximum Gasteiger partial charge on any atom is 0.419 e. The van der Waals surface area contributed by atoms with Crippen LogP contribution in [-0.2, 0) is 6.18 Å². The molecule has 0 N–H and O–H groups in total. The van der Waals surface area contributed by atoms with E-state index in [2.05, 4.69) is 10.1 Å². The van der Waals surface area contributed by atoms with E-state index in [1.165, 1.54) is 18.5 Å². The molecule has 0 amide bonds. The van der Waals surface area contributed by atoms with Crippen LogP contribution in [0.5, 0.6) is 0 Å². The van der Waals surface area contributed by atoms with Crippen LogP contribution in [0.15, 0.2) is 59.9 Å². The Labute approximate surface area is 162 Å². The molecule has 1 aromatic carbocycles. The fourth-order valence-corrected chi connectivity index (χ4v) is 3.75. The van der Waals surface area contributed by atoms with Gasteiger partial charge in [-0.15, -0.1) is 0 Å². The maximum absolute atomic E-state index is 13.2. The van der Waals surface area contributed by atoms with Gasteiger partial charge in [0, 0.05) is 12.4 Å². The van der Waals surface area contributed by atoms with Crippen molar-refractivity contribution in [1.82, 2.24) is 14.8 Å². The van der Waals surface area contributed by atoms with Gasteiger partial charge in [-0.1, -0.05) is 35.5 Å². The molecule has 4 nitrogen and oxygen atoms in total. The van der Waals surface area contributed by atoms with E-state index in [0.717, 1.165) is 22.5 Å². The number of pyridine rings is 1. The first kappa shape index (κ1) is 19.4. The predicted molar refractivity (Wildman–Crippen MR) is 96.9 cm³/mol. The Morgan fingerprint density at radius 3 is 2.59 bits per heavy atom. The molecule has 3 aromatic rings. The number of alkyl halides is 3. The molecule has 9 heteroatoms. The maximum atomic E-state index is 13.2. The van der Waals surface area contributed by atoms with E-state index in [1.54, 1.807) is 37.3 Å². The van der Waals surface area contributed by atoms with Gasteiger partial charge in [0.15, 0.2) is 0 Å². The zero-order valence-electron chi connectivity index (χ0n) is 13.9. The van der Waals surface area contributed by atoms with E-state index in [9.17, 15) is 18.0 Å². The van der Waals surface area contributed by atoms with E-state index in [4.69, 9.17) is 11.6 Å². The Bertz CT molecular complexity index is 974. The van der Waals surface area contributed by atoms with Gasteiger partial charge in [0.2, 0.25) is 0 Å². The number of halogens is 4. The van der Waals surface area contributed by atoms with Gasteiger partial charge in [-0.3, -0.25) is 4.79 Å². The van der Waals surface area contributed by atoms with Gasteiger partial charge < -0.3 is 0 Å². The van der Waals surface area contributed by atoms with Crippen molar-refractivity contribution in [3.05, 3.63) is 76.7 Å². The topological polar surface area (TPSA) is 47.8 Å². The molecule has 0 aliphatic rings. The lowest BCUT2D eigenvalue weighted by Gasteiger charge is -2.16. The number of benzene rings is 1. The second-order valence-corrected chi connectivity index (χ2v) is 7.30. The summed E-state index contributed by atoms with van der Waals surface area (Å²) in [6.07, 6.45) is -1.79. The Morgan fingerprint density at radius 1 is 1.15 bits per heavy atom. The number of rotatable bonds is 4. The van der Waals surface area contributed by atoms with Gasteiger partial charge in [0.05, 0.1) is 27.1 Å². The Kier molecular flexibility index (Phi) is 5.57. The van der Waals surface area contributed by atoms with E-state index < -0.39 is 22.9 Å². The highest BCUT2D eigenvalue weighted by molar-refractivity contribution is 7.99. The highest BCUT2D eigenvalue weighted by Gasteiger charge is 2.35. The Hall–Kier alpha value is -2.32. The van der Waals surface area contributed by atoms with Crippen molar-refractivity contribution < 1.29 is 18.0 Å². The molecule has 0 saturated carbocycles. The molecule has 1 atom stereocenters. The quantitative estimate of drug-likeness (QED) is 0.532. The summed E-state index contributed by atoms with van der Waals surface area (Å²) in [5.74, 6) is -0.454. The summed E-state index contributed by atoms with van der Waals surface area (Å²) in [5.41, 5.74) is -0.107. The van der Waals surface area contributed by atoms with Crippen LogP contribution in [0, 0.1) is 0 Å². The lowest BCUT2D eigenvalue weighted by molar-refractivity contribution is -0.140. The fourth-order valence-electron chi connectivity index (χ4n) is 2.47. The molecular formula is C18H13ClF3N3OS. The molecule has 0 saturated heterocycles. The van der Waals surface area contributed by atoms with Crippen LogP contribution in [0.25, 0.3) is 0 Å². The SMILES string of the molecule is C[C@H](Sc1ncccc1C(F)(F)F)c1ccnn1C(=O)c1ccccc1Cl. The van der Waals surface area contributed by atoms with Crippen molar-refractivity contribution in [1.29, 1.82) is 0 Å². The molecule has 140 valence electrons. The van der Waals surface area contributed by atoms with Crippen molar-refractivity contribution in [2.45, 2.75) is 23.4 Å². The van der Waals surface area contributed by atoms with Crippen LogP contribution < -0.4 is 0 Å². The molecule has 0 fully saturated rings. The summed E-state index contributed by atoms with van der Waals surface area (Å²) < 4.78 is 40.7. The average molecular weight is 412 g/mol. The number of carbonyl (C=O) groups is 1. The van der Waals surface area contributed by atoms with E-state index >= 15 is 0 Å². The average Bonchev–Trinajstić information content (AvgIpc) is 3.11. The van der Waals surface area contributed by atoms with Gasteiger partial charge in [-0.05, 0) is 37.3 Å². The third-order valence-corrected chi connectivity index (χ3v) is 5.22. The first-order valence-corrected chi connectivity index (χ1v) is 9.07. The molecule has 0 unspecified atom stereocenters. The van der Waals surface area contributed by atoms with E-state index in [-0.39, 0.29) is 15.6 Å². The molecule has 0 bridgehead atoms. The molecule has 3 rings (SSSR count). The Balaban J connectivity index is 1.91. The smallest absolute Gasteiger partial charge is 0.267 e. The van der Waals surface area contributed by atoms with Crippen molar-refractivity contribution in [3.63, 3.8) is 0 Å². The van der Waals surface area contributed by atoms with Gasteiger partial charge in [0.1, 0.15) is 5.03 Å². The normalized spacial score (nSPS) is 12.8. The summed E-state index contributed by atoms with van der Waals surface area (Å²) in [6.45, 7) is 1.69. The predicted octanol–water partition coefficient (Wildman–Crippen LogP) is 5.49. The molecule has 0 spiro atoms. The zero-order chi connectivity index (χ0) is 19.6. The Morgan fingerprint density at radius 2 is 1.89 bits per heavy atom. The van der Waals surface area contributed by atoms with Crippen molar-refractivity contribution in [3.8, 4) is 0 Å². The molecular weight excluding hydrogens is 399 g/mol. The summed E-state index contributed by atoms with van der Waals surface area (Å²) in [6, 6.07) is 10.3. The monoisotopic (exact) mass is 411 g/mol. The minimum atomic E-state index is -4.51. The summed E-state index contributed by atoms with van der Waals surface area (Å²) >= 11 is 6.98. The summed E-state index contributed by atoms with van der Waals surface area (Å²) in [4.78, 5) is 16.6. The molecule has 2 aromatic heterocycles. The van der Waals surface area contributed by atoms with Crippen LogP contribution >= 0.6 is 23.4 Å². The molecule has 0 radical (unpaired) electrons. The fraction of sp³-hybridized carbons (Fsp3) is 0.167. The van der Waals surface area contributed by atoms with Crippen molar-refractivity contribution in [2.24, 2.45) is 0 Å². The van der Waals surface area contributed by atoms with Crippen LogP contribution in [0.3, 0.4) is 0 Å². The van der Waals surface area contributed by atoms with Gasteiger partial charge >= 0.3 is 6.18 Å². The molecule has 2 heterocycles. The largest absolute Gasteiger partial charge is 0.419 e. The van der Waals surface area contributed by atoms with Gasteiger partial charge in [-0.25, -0.2) is 4.98 Å². The van der Waals surface area contributed by atoms with E-state index in [1.807, 2.05) is 0 Å². The minimum absolute atomic E-state index is 0.157. The van der Waals surface area contributed by atoms with Gasteiger partial charge in [0.25, 0.3) is 5.91 Å². The first-order valence-electron chi connectivity index (χ1n) is 7.81. The first-order chi connectivity index (χ1) is 12.8. The van der Waals surface area contributed by atoms with Crippen LogP contribution in [0.2, 0.25) is 5.02 Å². The van der Waals surface area contributed by atoms with Gasteiger partial charge in [-0.2, -0.15) is 23.0 Å². The number of carbonyl (C=O) groups excluding carboxylic acids is 1. The number of hydrogen-bond donors (Lipinski definition) is 0. The highest BCUT2D eigenvalue weighted by Crippen LogP contribution is 2.41. The zero-order valence-corrected chi connectivity index (χ0v) is 15.5. The lowest BCUT2D eigenvalue weighted by atomic mass is 10.2.